The zero-order valence-corrected chi connectivity index (χ0v) is 11.2. The van der Waals surface area contributed by atoms with Crippen molar-refractivity contribution >= 4 is 17.5 Å². The summed E-state index contributed by atoms with van der Waals surface area (Å²) in [6, 6.07) is 2.89. The highest BCUT2D eigenvalue weighted by Crippen LogP contribution is 2.26. The van der Waals surface area contributed by atoms with Crippen LogP contribution in [0.4, 0.5) is 11.5 Å². The Morgan fingerprint density at radius 2 is 2.16 bits per heavy atom. The molecule has 0 radical (unpaired) electrons. The zero-order chi connectivity index (χ0) is 14.6. The van der Waals surface area contributed by atoms with Gasteiger partial charge in [-0.3, -0.25) is 14.9 Å². The molecular formula is C12H17N3O4. The zero-order valence-electron chi connectivity index (χ0n) is 11.2. The largest absolute Gasteiger partial charge is 0.480 e. The second kappa shape index (κ2) is 6.12. The van der Waals surface area contributed by atoms with Crippen molar-refractivity contribution in [2.75, 3.05) is 18.0 Å². The highest BCUT2D eigenvalue weighted by Gasteiger charge is 2.23. The Morgan fingerprint density at radius 1 is 1.53 bits per heavy atom. The van der Waals surface area contributed by atoms with Crippen LogP contribution in [-0.4, -0.2) is 34.1 Å². The first-order valence-electron chi connectivity index (χ1n) is 5.90. The molecule has 0 fully saturated rings. The van der Waals surface area contributed by atoms with Gasteiger partial charge < -0.3 is 10.0 Å². The van der Waals surface area contributed by atoms with Crippen LogP contribution >= 0.6 is 0 Å². The lowest BCUT2D eigenvalue weighted by Crippen LogP contribution is -2.34. The van der Waals surface area contributed by atoms with E-state index < -0.39 is 10.9 Å². The van der Waals surface area contributed by atoms with Crippen molar-refractivity contribution in [3.63, 3.8) is 0 Å². The number of hydrogen-bond donors (Lipinski definition) is 1. The molecular weight excluding hydrogens is 250 g/mol. The van der Waals surface area contributed by atoms with E-state index >= 15 is 0 Å². The van der Waals surface area contributed by atoms with Crippen LogP contribution in [0.3, 0.4) is 0 Å². The summed E-state index contributed by atoms with van der Waals surface area (Å²) in [5, 5.41) is 19.9. The Hall–Kier alpha value is -2.18. The molecule has 0 saturated carbocycles. The van der Waals surface area contributed by atoms with Gasteiger partial charge in [0.1, 0.15) is 6.54 Å². The van der Waals surface area contributed by atoms with Crippen LogP contribution in [0.25, 0.3) is 0 Å². The van der Waals surface area contributed by atoms with Crippen LogP contribution in [0.2, 0.25) is 0 Å². The molecule has 0 aliphatic rings. The molecule has 7 heteroatoms. The SMILES string of the molecule is Cc1ccc([N+](=O)[O-])c(N(CC(=O)O)CC(C)C)n1. The average molecular weight is 267 g/mol. The van der Waals surface area contributed by atoms with E-state index in [-0.39, 0.29) is 24.0 Å². The number of pyridine rings is 1. The van der Waals surface area contributed by atoms with Crippen LogP contribution in [0.5, 0.6) is 0 Å². The van der Waals surface area contributed by atoms with Gasteiger partial charge in [0, 0.05) is 18.3 Å². The van der Waals surface area contributed by atoms with E-state index in [1.54, 1.807) is 6.92 Å². The number of nitro groups is 1. The van der Waals surface area contributed by atoms with E-state index in [9.17, 15) is 14.9 Å². The van der Waals surface area contributed by atoms with Crippen molar-refractivity contribution < 1.29 is 14.8 Å². The smallest absolute Gasteiger partial charge is 0.323 e. The third-order valence-corrected chi connectivity index (χ3v) is 2.40. The molecule has 1 aromatic heterocycles. The van der Waals surface area contributed by atoms with Crippen LogP contribution in [0.1, 0.15) is 19.5 Å². The first-order chi connectivity index (χ1) is 8.81. The van der Waals surface area contributed by atoms with Crippen molar-refractivity contribution in [1.29, 1.82) is 0 Å². The molecule has 104 valence electrons. The van der Waals surface area contributed by atoms with Crippen LogP contribution in [0, 0.1) is 23.0 Å². The molecule has 1 heterocycles. The lowest BCUT2D eigenvalue weighted by atomic mass is 10.2. The van der Waals surface area contributed by atoms with Crippen molar-refractivity contribution in [3.8, 4) is 0 Å². The minimum absolute atomic E-state index is 0.112. The van der Waals surface area contributed by atoms with Gasteiger partial charge >= 0.3 is 11.7 Å². The maximum Gasteiger partial charge on any atom is 0.323 e. The summed E-state index contributed by atoms with van der Waals surface area (Å²) in [5.74, 6) is -0.763. The van der Waals surface area contributed by atoms with Gasteiger partial charge in [0.2, 0.25) is 5.82 Å². The third-order valence-electron chi connectivity index (χ3n) is 2.40. The second-order valence-corrected chi connectivity index (χ2v) is 4.72. The van der Waals surface area contributed by atoms with Crippen LogP contribution in [-0.2, 0) is 4.79 Å². The fourth-order valence-electron chi connectivity index (χ4n) is 1.74. The summed E-state index contributed by atoms with van der Waals surface area (Å²) in [6.07, 6.45) is 0. The topological polar surface area (TPSA) is 96.6 Å². The van der Waals surface area contributed by atoms with Crippen molar-refractivity contribution in [1.82, 2.24) is 4.98 Å². The number of carboxylic acids is 1. The number of nitrogens with zero attached hydrogens (tertiary/aromatic N) is 3. The van der Waals surface area contributed by atoms with Crippen molar-refractivity contribution in [2.45, 2.75) is 20.8 Å². The predicted molar refractivity (Wildman–Crippen MR) is 70.3 cm³/mol. The molecule has 0 amide bonds. The predicted octanol–water partition coefficient (Wildman–Crippen LogP) is 1.85. The number of anilines is 1. The summed E-state index contributed by atoms with van der Waals surface area (Å²) < 4.78 is 0. The van der Waals surface area contributed by atoms with Gasteiger partial charge in [-0.1, -0.05) is 13.8 Å². The minimum Gasteiger partial charge on any atom is -0.480 e. The van der Waals surface area contributed by atoms with Crippen LogP contribution in [0.15, 0.2) is 12.1 Å². The Bertz CT molecular complexity index is 488. The molecule has 0 saturated heterocycles. The van der Waals surface area contributed by atoms with Gasteiger partial charge in [-0.15, -0.1) is 0 Å². The summed E-state index contributed by atoms with van der Waals surface area (Å²) >= 11 is 0. The molecule has 0 aliphatic carbocycles. The van der Waals surface area contributed by atoms with Gasteiger partial charge in [-0.25, -0.2) is 4.98 Å². The molecule has 0 aromatic carbocycles. The van der Waals surface area contributed by atoms with Gasteiger partial charge in [0.05, 0.1) is 4.92 Å². The summed E-state index contributed by atoms with van der Waals surface area (Å²) in [5.41, 5.74) is 0.437. The molecule has 0 bridgehead atoms. The van der Waals surface area contributed by atoms with E-state index in [1.165, 1.54) is 17.0 Å². The van der Waals surface area contributed by atoms with Crippen molar-refractivity contribution in [3.05, 3.63) is 27.9 Å². The average Bonchev–Trinajstić information content (AvgIpc) is 2.26. The highest BCUT2D eigenvalue weighted by molar-refractivity contribution is 5.75. The number of aliphatic carboxylic acids is 1. The first-order valence-corrected chi connectivity index (χ1v) is 5.90. The number of carbonyl (C=O) groups is 1. The fourth-order valence-corrected chi connectivity index (χ4v) is 1.74. The Morgan fingerprint density at radius 3 is 2.63 bits per heavy atom. The third kappa shape index (κ3) is 4.20. The van der Waals surface area contributed by atoms with Crippen LogP contribution < -0.4 is 4.90 Å². The number of aryl methyl sites for hydroxylation is 1. The molecule has 0 aliphatic heterocycles. The van der Waals surface area contributed by atoms with E-state index in [0.29, 0.717) is 12.2 Å². The molecule has 19 heavy (non-hydrogen) atoms. The maximum atomic E-state index is 11.0. The van der Waals surface area contributed by atoms with E-state index in [0.717, 1.165) is 0 Å². The standard InChI is InChI=1S/C12H17N3O4/c1-8(2)6-14(7-11(16)17)12-10(15(18)19)5-4-9(3)13-12/h4-5,8H,6-7H2,1-3H3,(H,16,17). The van der Waals surface area contributed by atoms with E-state index in [4.69, 9.17) is 5.11 Å². The molecule has 1 rings (SSSR count). The highest BCUT2D eigenvalue weighted by atomic mass is 16.6. The number of rotatable bonds is 6. The maximum absolute atomic E-state index is 11.0. The minimum atomic E-state index is -1.04. The van der Waals surface area contributed by atoms with Gasteiger partial charge in [0.15, 0.2) is 0 Å². The quantitative estimate of drug-likeness (QED) is 0.624. The number of hydrogen-bond acceptors (Lipinski definition) is 5. The lowest BCUT2D eigenvalue weighted by molar-refractivity contribution is -0.384. The molecule has 0 unspecified atom stereocenters. The Labute approximate surface area is 111 Å². The second-order valence-electron chi connectivity index (χ2n) is 4.72. The molecule has 1 aromatic rings. The first kappa shape index (κ1) is 14.9. The normalized spacial score (nSPS) is 10.5. The molecule has 0 spiro atoms. The lowest BCUT2D eigenvalue weighted by Gasteiger charge is -2.23. The van der Waals surface area contributed by atoms with Gasteiger partial charge in [-0.2, -0.15) is 0 Å². The van der Waals surface area contributed by atoms with Gasteiger partial charge in [-0.05, 0) is 18.9 Å². The Kier molecular flexibility index (Phi) is 4.80. The molecule has 0 atom stereocenters. The monoisotopic (exact) mass is 267 g/mol. The summed E-state index contributed by atoms with van der Waals surface area (Å²) in [6.45, 7) is 5.62. The number of carboxylic acid groups (broad SMARTS) is 1. The van der Waals surface area contributed by atoms with Gasteiger partial charge in [0.25, 0.3) is 0 Å². The summed E-state index contributed by atoms with van der Waals surface area (Å²) in [4.78, 5) is 26.9. The summed E-state index contributed by atoms with van der Waals surface area (Å²) in [7, 11) is 0. The number of aromatic nitrogens is 1. The van der Waals surface area contributed by atoms with E-state index in [1.807, 2.05) is 13.8 Å². The van der Waals surface area contributed by atoms with Crippen molar-refractivity contribution in [2.24, 2.45) is 5.92 Å². The molecule has 7 nitrogen and oxygen atoms in total. The fraction of sp³-hybridized carbons (Fsp3) is 0.500. The Balaban J connectivity index is 3.22. The molecule has 1 N–H and O–H groups in total. The van der Waals surface area contributed by atoms with E-state index in [2.05, 4.69) is 4.98 Å².